The van der Waals surface area contributed by atoms with E-state index in [9.17, 15) is 25.2 Å². The Labute approximate surface area is 124 Å². The van der Waals surface area contributed by atoms with E-state index in [2.05, 4.69) is 0 Å². The highest BCUT2D eigenvalue weighted by atomic mass is 16.5. The van der Waals surface area contributed by atoms with E-state index < -0.39 is 11.4 Å². The van der Waals surface area contributed by atoms with Crippen LogP contribution in [0.2, 0.25) is 0 Å². The largest absolute Gasteiger partial charge is 0.508 e. The Morgan fingerprint density at radius 3 is 2.32 bits per heavy atom. The summed E-state index contributed by atoms with van der Waals surface area (Å²) in [6.07, 6.45) is 0. The van der Waals surface area contributed by atoms with Crippen molar-refractivity contribution < 1.29 is 24.8 Å². The molecule has 0 saturated heterocycles. The van der Waals surface area contributed by atoms with Crippen molar-refractivity contribution in [2.75, 3.05) is 0 Å². The van der Waals surface area contributed by atoms with Crippen molar-refractivity contribution in [3.05, 3.63) is 46.1 Å². The van der Waals surface area contributed by atoms with E-state index in [1.54, 1.807) is 6.92 Å². The molecule has 0 aliphatic rings. The first-order valence-corrected chi connectivity index (χ1v) is 6.39. The Morgan fingerprint density at radius 2 is 1.64 bits per heavy atom. The molecule has 0 bridgehead atoms. The van der Waals surface area contributed by atoms with Gasteiger partial charge in [-0.25, -0.2) is 0 Å². The molecule has 0 spiro atoms. The lowest BCUT2D eigenvalue weighted by Gasteiger charge is -2.13. The normalized spacial score (nSPS) is 11.0. The molecule has 1 heterocycles. The zero-order valence-electron chi connectivity index (χ0n) is 11.5. The second-order valence-electron chi connectivity index (χ2n) is 4.95. The molecule has 6 nitrogen and oxygen atoms in total. The first kappa shape index (κ1) is 13.8. The number of aryl methyl sites for hydroxylation is 1. The van der Waals surface area contributed by atoms with E-state index in [0.29, 0.717) is 16.3 Å². The number of hydrogen-bond donors (Lipinski definition) is 4. The first-order valence-electron chi connectivity index (χ1n) is 6.39. The van der Waals surface area contributed by atoms with Crippen LogP contribution in [0.5, 0.6) is 23.2 Å². The lowest BCUT2D eigenvalue weighted by molar-refractivity contribution is 0.327. The fourth-order valence-corrected chi connectivity index (χ4v) is 2.59. The van der Waals surface area contributed by atoms with Gasteiger partial charge in [0.2, 0.25) is 0 Å². The summed E-state index contributed by atoms with van der Waals surface area (Å²) in [5.41, 5.74) is 0.148. The molecular weight excluding hydrogens is 288 g/mol. The van der Waals surface area contributed by atoms with Gasteiger partial charge in [-0.3, -0.25) is 4.79 Å². The summed E-state index contributed by atoms with van der Waals surface area (Å²) < 4.78 is 5.08. The van der Waals surface area contributed by atoms with E-state index in [0.717, 1.165) is 12.1 Å². The van der Waals surface area contributed by atoms with Gasteiger partial charge in [0, 0.05) is 17.5 Å². The predicted molar refractivity (Wildman–Crippen MR) is 79.3 cm³/mol. The summed E-state index contributed by atoms with van der Waals surface area (Å²) in [6, 6.07) is 5.94. The molecule has 0 atom stereocenters. The minimum absolute atomic E-state index is 0.0191. The van der Waals surface area contributed by atoms with Gasteiger partial charge in [0.1, 0.15) is 23.0 Å². The van der Waals surface area contributed by atoms with Crippen LogP contribution in [0.15, 0.2) is 39.5 Å². The van der Waals surface area contributed by atoms with E-state index in [1.165, 1.54) is 18.2 Å². The highest BCUT2D eigenvalue weighted by Crippen LogP contribution is 2.42. The Balaban J connectivity index is 2.42. The molecule has 0 amide bonds. The maximum Gasteiger partial charge on any atom is 0.286 e. The molecule has 0 saturated carbocycles. The Morgan fingerprint density at radius 1 is 0.909 bits per heavy atom. The highest BCUT2D eigenvalue weighted by molar-refractivity contribution is 5.98. The molecule has 22 heavy (non-hydrogen) atoms. The fraction of sp³-hybridized carbons (Fsp3) is 0.0625. The van der Waals surface area contributed by atoms with Crippen molar-refractivity contribution in [3.8, 4) is 34.5 Å². The van der Waals surface area contributed by atoms with E-state index in [1.807, 2.05) is 0 Å². The van der Waals surface area contributed by atoms with Crippen molar-refractivity contribution in [3.63, 3.8) is 0 Å². The number of phenols is 3. The zero-order chi connectivity index (χ0) is 16.0. The third-order valence-electron chi connectivity index (χ3n) is 3.43. The van der Waals surface area contributed by atoms with E-state index in [4.69, 9.17) is 4.42 Å². The molecule has 3 aromatic rings. The van der Waals surface area contributed by atoms with Gasteiger partial charge in [0.05, 0.1) is 11.6 Å². The van der Waals surface area contributed by atoms with Gasteiger partial charge in [-0.15, -0.1) is 0 Å². The molecule has 0 aliphatic carbocycles. The second-order valence-corrected chi connectivity index (χ2v) is 4.95. The van der Waals surface area contributed by atoms with Gasteiger partial charge < -0.3 is 24.8 Å². The molecule has 112 valence electrons. The van der Waals surface area contributed by atoms with Crippen LogP contribution in [0.3, 0.4) is 0 Å². The molecule has 2 aromatic carbocycles. The smallest absolute Gasteiger partial charge is 0.286 e. The SMILES string of the molecule is Cc1c(-c2cc(=O)cc(O)o2)c(O)cc2cc(O)cc(O)c12. The van der Waals surface area contributed by atoms with E-state index in [-0.39, 0.29) is 28.6 Å². The van der Waals surface area contributed by atoms with Gasteiger partial charge in [0.25, 0.3) is 5.95 Å². The maximum absolute atomic E-state index is 11.5. The Bertz CT molecular complexity index is 955. The van der Waals surface area contributed by atoms with Crippen molar-refractivity contribution in [2.24, 2.45) is 0 Å². The van der Waals surface area contributed by atoms with E-state index >= 15 is 0 Å². The molecule has 0 aliphatic heterocycles. The molecule has 4 N–H and O–H groups in total. The van der Waals surface area contributed by atoms with Gasteiger partial charge in [-0.2, -0.15) is 0 Å². The number of hydrogen-bond acceptors (Lipinski definition) is 6. The minimum atomic E-state index is -0.573. The molecule has 1 aromatic heterocycles. The molecule has 0 radical (unpaired) electrons. The third-order valence-corrected chi connectivity index (χ3v) is 3.43. The fourth-order valence-electron chi connectivity index (χ4n) is 2.59. The van der Waals surface area contributed by atoms with Crippen LogP contribution >= 0.6 is 0 Å². The third kappa shape index (κ3) is 2.10. The van der Waals surface area contributed by atoms with Crippen molar-refractivity contribution in [2.45, 2.75) is 6.92 Å². The second kappa shape index (κ2) is 4.70. The van der Waals surface area contributed by atoms with Crippen LogP contribution in [-0.2, 0) is 0 Å². The average Bonchev–Trinajstić information content (AvgIpc) is 2.35. The standard InChI is InChI=1S/C16H12O6/c1-7-15-8(2-9(17)4-12(15)20)3-11(19)16(7)13-5-10(18)6-14(21)22-13/h2-6,17,19-21H,1H3. The summed E-state index contributed by atoms with van der Waals surface area (Å²) in [5.74, 6) is -1.11. The van der Waals surface area contributed by atoms with Gasteiger partial charge in [-0.1, -0.05) is 0 Å². The number of fused-ring (bicyclic) bond motifs is 1. The van der Waals surface area contributed by atoms with Gasteiger partial charge in [-0.05, 0) is 30.0 Å². The number of aromatic hydroxyl groups is 4. The maximum atomic E-state index is 11.5. The van der Waals surface area contributed by atoms with Crippen LogP contribution in [0.1, 0.15) is 5.56 Å². The summed E-state index contributed by atoms with van der Waals surface area (Å²) in [7, 11) is 0. The minimum Gasteiger partial charge on any atom is -0.508 e. The Hall–Kier alpha value is -3.15. The zero-order valence-corrected chi connectivity index (χ0v) is 11.5. The average molecular weight is 300 g/mol. The molecule has 0 fully saturated rings. The van der Waals surface area contributed by atoms with Crippen LogP contribution in [-0.4, -0.2) is 20.4 Å². The number of phenolic OH excluding ortho intramolecular Hbond substituents is 3. The molecule has 0 unspecified atom stereocenters. The molecular formula is C16H12O6. The molecule has 3 rings (SSSR count). The number of benzene rings is 2. The summed E-state index contributed by atoms with van der Waals surface area (Å²) >= 11 is 0. The lowest BCUT2D eigenvalue weighted by atomic mass is 9.96. The van der Waals surface area contributed by atoms with Crippen molar-refractivity contribution in [1.29, 1.82) is 0 Å². The lowest BCUT2D eigenvalue weighted by Crippen LogP contribution is -1.97. The van der Waals surface area contributed by atoms with Crippen molar-refractivity contribution >= 4 is 10.8 Å². The quantitative estimate of drug-likeness (QED) is 0.549. The highest BCUT2D eigenvalue weighted by Gasteiger charge is 2.18. The summed E-state index contributed by atoms with van der Waals surface area (Å²) in [4.78, 5) is 11.5. The van der Waals surface area contributed by atoms with Gasteiger partial charge in [0.15, 0.2) is 5.43 Å². The Kier molecular flexibility index (Phi) is 2.95. The monoisotopic (exact) mass is 300 g/mol. The van der Waals surface area contributed by atoms with Crippen LogP contribution in [0.4, 0.5) is 0 Å². The molecule has 6 heteroatoms. The van der Waals surface area contributed by atoms with Crippen LogP contribution in [0, 0.1) is 6.92 Å². The van der Waals surface area contributed by atoms with Gasteiger partial charge >= 0.3 is 0 Å². The summed E-state index contributed by atoms with van der Waals surface area (Å²) in [6.45, 7) is 1.62. The first-order chi connectivity index (χ1) is 10.4. The predicted octanol–water partition coefficient (Wildman–Crippen LogP) is 2.59. The number of rotatable bonds is 1. The van der Waals surface area contributed by atoms with Crippen molar-refractivity contribution in [1.82, 2.24) is 0 Å². The topological polar surface area (TPSA) is 111 Å². The summed E-state index contributed by atoms with van der Waals surface area (Å²) in [5, 5.41) is 40.0. The van der Waals surface area contributed by atoms with Crippen LogP contribution < -0.4 is 5.43 Å². The van der Waals surface area contributed by atoms with Crippen LogP contribution in [0.25, 0.3) is 22.1 Å².